The zero-order valence-electron chi connectivity index (χ0n) is 16.3. The number of aliphatic hydroxyl groups excluding tert-OH is 1. The van der Waals surface area contributed by atoms with Crippen LogP contribution in [0.2, 0.25) is 0 Å². The highest BCUT2D eigenvalue weighted by Gasteiger charge is 2.10. The van der Waals surface area contributed by atoms with Crippen LogP contribution in [0.1, 0.15) is 26.7 Å². The van der Waals surface area contributed by atoms with Gasteiger partial charge in [0.2, 0.25) is 5.95 Å². The Kier molecular flexibility index (Phi) is 8.41. The molecule has 0 aliphatic rings. The number of anilines is 1. The highest BCUT2D eigenvalue weighted by Crippen LogP contribution is 2.19. The minimum Gasteiger partial charge on any atom is -0.462 e. The largest absolute Gasteiger partial charge is 0.462 e. The first-order chi connectivity index (χ1) is 13.6. The number of nitrogens with one attached hydrogen (secondary N) is 3. The van der Waals surface area contributed by atoms with E-state index in [-0.39, 0.29) is 19.8 Å². The van der Waals surface area contributed by atoms with E-state index in [1.54, 1.807) is 6.20 Å². The first-order valence-corrected chi connectivity index (χ1v) is 9.40. The highest BCUT2D eigenvalue weighted by atomic mass is 16.5. The van der Waals surface area contributed by atoms with Crippen LogP contribution < -0.4 is 10.6 Å². The van der Waals surface area contributed by atoms with E-state index in [2.05, 4.69) is 39.0 Å². The van der Waals surface area contributed by atoms with Gasteiger partial charge >= 0.3 is 5.97 Å². The number of nitrogens with zero attached hydrogens (tertiary/aromatic N) is 3. The summed E-state index contributed by atoms with van der Waals surface area (Å²) in [6, 6.07) is 1.99. The molecule has 0 aliphatic heterocycles. The maximum atomic E-state index is 11.4. The predicted molar refractivity (Wildman–Crippen MR) is 108 cm³/mol. The van der Waals surface area contributed by atoms with Gasteiger partial charge in [-0.2, -0.15) is 4.98 Å². The Morgan fingerprint density at radius 3 is 2.89 bits per heavy atom. The summed E-state index contributed by atoms with van der Waals surface area (Å²) < 4.78 is 6.87. The van der Waals surface area contributed by atoms with Crippen LogP contribution in [0.5, 0.6) is 0 Å². The quantitative estimate of drug-likeness (QED) is 0.323. The van der Waals surface area contributed by atoms with Gasteiger partial charge in [0, 0.05) is 36.7 Å². The number of hydrogen-bond acceptors (Lipinski definition) is 8. The van der Waals surface area contributed by atoms with Crippen molar-refractivity contribution in [3.05, 3.63) is 30.4 Å². The molecule has 2 aromatic rings. The van der Waals surface area contributed by atoms with Gasteiger partial charge in [-0.05, 0) is 12.0 Å². The van der Waals surface area contributed by atoms with Crippen LogP contribution >= 0.6 is 0 Å². The summed E-state index contributed by atoms with van der Waals surface area (Å²) in [5, 5.41) is 22.8. The molecular weight excluding hydrogens is 360 g/mol. The minimum absolute atomic E-state index is 0.0374. The van der Waals surface area contributed by atoms with Crippen LogP contribution in [0.15, 0.2) is 30.4 Å². The molecule has 0 radical (unpaired) electrons. The molecule has 0 fully saturated rings. The zero-order valence-corrected chi connectivity index (χ0v) is 16.3. The normalized spacial score (nSPS) is 11.6. The van der Waals surface area contributed by atoms with Crippen molar-refractivity contribution in [1.82, 2.24) is 19.9 Å². The fourth-order valence-corrected chi connectivity index (χ4v) is 2.70. The second-order valence-corrected chi connectivity index (χ2v) is 6.32. The zero-order chi connectivity index (χ0) is 20.4. The summed E-state index contributed by atoms with van der Waals surface area (Å²) in [6.45, 7) is 4.96. The predicted octanol–water partition coefficient (Wildman–Crippen LogP) is 1.90. The maximum Gasteiger partial charge on any atom is 0.325 e. The third kappa shape index (κ3) is 6.05. The van der Waals surface area contributed by atoms with Crippen LogP contribution in [-0.4, -0.2) is 51.6 Å². The first kappa shape index (κ1) is 21.4. The van der Waals surface area contributed by atoms with Gasteiger partial charge in [0.05, 0.1) is 12.3 Å². The molecule has 0 amide bonds. The standard InChI is InChI=1S/C19H28N6O3/c1-3-14(4-2)13-25-6-5-15-10-22-19(24-18(15)25)23-16(9-20)11-21-12-17(27)28-8-7-26/h5-6,9-11,14,20-21,26H,3-4,7-8,12-13H2,1-2H3,(H,22,23,24)/b16-11+,20-9?. The minimum atomic E-state index is -0.494. The Bertz CT molecular complexity index is 813. The highest BCUT2D eigenvalue weighted by molar-refractivity contribution is 5.81. The van der Waals surface area contributed by atoms with Gasteiger partial charge in [-0.15, -0.1) is 0 Å². The molecule has 152 valence electrons. The Balaban J connectivity index is 2.06. The third-order valence-corrected chi connectivity index (χ3v) is 4.38. The Morgan fingerprint density at radius 1 is 1.43 bits per heavy atom. The van der Waals surface area contributed by atoms with Crippen molar-refractivity contribution in [2.75, 3.05) is 25.1 Å². The summed E-state index contributed by atoms with van der Waals surface area (Å²) in [5.41, 5.74) is 1.24. The monoisotopic (exact) mass is 388 g/mol. The van der Waals surface area contributed by atoms with Crippen molar-refractivity contribution >= 4 is 29.2 Å². The molecule has 9 heteroatoms. The number of rotatable bonds is 12. The molecule has 9 nitrogen and oxygen atoms in total. The first-order valence-electron chi connectivity index (χ1n) is 9.40. The fourth-order valence-electron chi connectivity index (χ4n) is 2.70. The van der Waals surface area contributed by atoms with Gasteiger partial charge < -0.3 is 30.5 Å². The molecule has 2 aromatic heterocycles. The Labute approximate surface area is 164 Å². The average Bonchev–Trinajstić information content (AvgIpc) is 3.11. The van der Waals surface area contributed by atoms with Crippen LogP contribution in [0.4, 0.5) is 5.95 Å². The fraction of sp³-hybridized carbons (Fsp3) is 0.474. The number of esters is 1. The van der Waals surface area contributed by atoms with E-state index in [1.807, 2.05) is 12.3 Å². The lowest BCUT2D eigenvalue weighted by Crippen LogP contribution is -2.23. The molecule has 0 unspecified atom stereocenters. The Morgan fingerprint density at radius 2 is 2.21 bits per heavy atom. The molecule has 0 saturated heterocycles. The van der Waals surface area contributed by atoms with Crippen LogP contribution in [0.25, 0.3) is 11.0 Å². The van der Waals surface area contributed by atoms with Crippen molar-refractivity contribution in [1.29, 1.82) is 5.41 Å². The lowest BCUT2D eigenvalue weighted by atomic mass is 10.0. The number of allylic oxidation sites excluding steroid dienone is 1. The number of carbonyl (C=O) groups excluding carboxylic acids is 1. The molecule has 0 aliphatic carbocycles. The van der Waals surface area contributed by atoms with Gasteiger partial charge in [-0.25, -0.2) is 4.98 Å². The van der Waals surface area contributed by atoms with Gasteiger partial charge in [0.25, 0.3) is 0 Å². The lowest BCUT2D eigenvalue weighted by molar-refractivity contribution is -0.143. The molecule has 0 saturated carbocycles. The van der Waals surface area contributed by atoms with Gasteiger partial charge in [0.15, 0.2) is 0 Å². The van der Waals surface area contributed by atoms with E-state index >= 15 is 0 Å². The number of aromatic nitrogens is 3. The van der Waals surface area contributed by atoms with Gasteiger partial charge in [0.1, 0.15) is 18.8 Å². The summed E-state index contributed by atoms with van der Waals surface area (Å²) in [4.78, 5) is 20.3. The summed E-state index contributed by atoms with van der Waals surface area (Å²) in [5.74, 6) is 0.469. The topological polar surface area (TPSA) is 125 Å². The second kappa shape index (κ2) is 11.0. The summed E-state index contributed by atoms with van der Waals surface area (Å²) in [7, 11) is 0. The molecule has 0 aromatic carbocycles. The van der Waals surface area contributed by atoms with Crippen LogP contribution in [0.3, 0.4) is 0 Å². The SMILES string of the molecule is CCC(CC)Cn1ccc2cnc(N/C(C=N)=C/NCC(=O)OCCO)nc21. The van der Waals surface area contributed by atoms with Gasteiger partial charge in [-0.1, -0.05) is 26.7 Å². The number of fused-ring (bicyclic) bond motifs is 1. The Hall–Kier alpha value is -2.94. The second-order valence-electron chi connectivity index (χ2n) is 6.32. The molecule has 28 heavy (non-hydrogen) atoms. The number of hydrogen-bond donors (Lipinski definition) is 4. The smallest absolute Gasteiger partial charge is 0.325 e. The molecule has 2 rings (SSSR count). The van der Waals surface area contributed by atoms with E-state index in [0.29, 0.717) is 17.6 Å². The summed E-state index contributed by atoms with van der Waals surface area (Å²) in [6.07, 6.45) is 8.56. The molecule has 2 heterocycles. The van der Waals surface area contributed by atoms with E-state index in [1.165, 1.54) is 6.20 Å². The number of aliphatic hydroxyl groups is 1. The van der Waals surface area contributed by atoms with Crippen LogP contribution in [-0.2, 0) is 16.1 Å². The molecule has 0 bridgehead atoms. The van der Waals surface area contributed by atoms with Crippen LogP contribution in [0, 0.1) is 11.3 Å². The average molecular weight is 388 g/mol. The van der Waals surface area contributed by atoms with Crippen molar-refractivity contribution in [3.63, 3.8) is 0 Å². The van der Waals surface area contributed by atoms with Crippen molar-refractivity contribution in [3.8, 4) is 0 Å². The van der Waals surface area contributed by atoms with Crippen molar-refractivity contribution < 1.29 is 14.6 Å². The molecule has 4 N–H and O–H groups in total. The van der Waals surface area contributed by atoms with E-state index in [4.69, 9.17) is 15.3 Å². The molecule has 0 spiro atoms. The molecular formula is C19H28N6O3. The van der Waals surface area contributed by atoms with Crippen molar-refractivity contribution in [2.24, 2.45) is 5.92 Å². The van der Waals surface area contributed by atoms with E-state index in [9.17, 15) is 4.79 Å². The van der Waals surface area contributed by atoms with Gasteiger partial charge in [-0.3, -0.25) is 4.79 Å². The summed E-state index contributed by atoms with van der Waals surface area (Å²) >= 11 is 0. The lowest BCUT2D eigenvalue weighted by Gasteiger charge is -2.14. The van der Waals surface area contributed by atoms with E-state index in [0.717, 1.165) is 36.6 Å². The molecule has 0 atom stereocenters. The maximum absolute atomic E-state index is 11.4. The number of carbonyl (C=O) groups is 1. The number of ether oxygens (including phenoxy) is 1. The van der Waals surface area contributed by atoms with Crippen molar-refractivity contribution in [2.45, 2.75) is 33.2 Å². The third-order valence-electron chi connectivity index (χ3n) is 4.38. The van der Waals surface area contributed by atoms with E-state index < -0.39 is 5.97 Å².